The Morgan fingerprint density at radius 1 is 1.43 bits per heavy atom. The van der Waals surface area contributed by atoms with E-state index in [2.05, 4.69) is 18.2 Å². The van der Waals surface area contributed by atoms with Crippen LogP contribution in [0.25, 0.3) is 0 Å². The van der Waals surface area contributed by atoms with Crippen molar-refractivity contribution in [2.45, 2.75) is 12.6 Å². The second kappa shape index (κ2) is 4.66. The summed E-state index contributed by atoms with van der Waals surface area (Å²) in [5.74, 6) is 2.27. The minimum Gasteiger partial charge on any atom is -0.492 e. The Labute approximate surface area is 122 Å². The van der Waals surface area contributed by atoms with Crippen LogP contribution in [0.4, 0.5) is 0 Å². The fourth-order valence-corrected chi connectivity index (χ4v) is 3.29. The molecular weight excluding hydrogens is 270 g/mol. The van der Waals surface area contributed by atoms with Gasteiger partial charge in [0.2, 0.25) is 18.7 Å². The van der Waals surface area contributed by atoms with Crippen molar-refractivity contribution in [1.29, 1.82) is 0 Å². The first-order valence-corrected chi connectivity index (χ1v) is 7.10. The molecule has 0 fully saturated rings. The van der Waals surface area contributed by atoms with E-state index in [-0.39, 0.29) is 13.0 Å². The molecular formula is C15H18N3O3+. The molecule has 2 atom stereocenters. The molecule has 110 valence electrons. The van der Waals surface area contributed by atoms with Crippen LogP contribution in [0, 0.1) is 0 Å². The third-order valence-electron chi connectivity index (χ3n) is 4.27. The quantitative estimate of drug-likeness (QED) is 0.860. The number of methoxy groups -OCH3 is 1. The van der Waals surface area contributed by atoms with Gasteiger partial charge >= 0.3 is 0 Å². The molecule has 0 bridgehead atoms. The smallest absolute Gasteiger partial charge is 0.231 e. The lowest BCUT2D eigenvalue weighted by molar-refractivity contribution is -0.919. The van der Waals surface area contributed by atoms with Crippen molar-refractivity contribution < 1.29 is 19.1 Å². The first kappa shape index (κ1) is 12.5. The van der Waals surface area contributed by atoms with Crippen LogP contribution < -0.4 is 19.1 Å². The lowest BCUT2D eigenvalue weighted by Crippen LogP contribution is -3.11. The Bertz CT molecular complexity index is 669. The number of nitrogens with one attached hydrogen (secondary N) is 1. The van der Waals surface area contributed by atoms with Gasteiger partial charge in [0, 0.05) is 18.8 Å². The van der Waals surface area contributed by atoms with Crippen molar-refractivity contribution >= 4 is 0 Å². The van der Waals surface area contributed by atoms with E-state index in [0.717, 1.165) is 30.0 Å². The summed E-state index contributed by atoms with van der Waals surface area (Å²) in [4.78, 5) is 1.38. The highest BCUT2D eigenvalue weighted by molar-refractivity contribution is 5.61. The summed E-state index contributed by atoms with van der Waals surface area (Å²) in [6, 6.07) is 4.03. The molecule has 6 nitrogen and oxygen atoms in total. The summed E-state index contributed by atoms with van der Waals surface area (Å²) in [7, 11) is 3.86. The molecule has 2 aromatic rings. The molecule has 4 rings (SSSR count). The second-order valence-corrected chi connectivity index (χ2v) is 5.45. The number of hydrogen-bond acceptors (Lipinski definition) is 4. The van der Waals surface area contributed by atoms with Crippen LogP contribution in [0.3, 0.4) is 0 Å². The maximum absolute atomic E-state index is 5.67. The highest BCUT2D eigenvalue weighted by Crippen LogP contribution is 2.47. The van der Waals surface area contributed by atoms with Gasteiger partial charge in [0.1, 0.15) is 0 Å². The average molecular weight is 288 g/mol. The van der Waals surface area contributed by atoms with Gasteiger partial charge in [-0.1, -0.05) is 0 Å². The summed E-state index contributed by atoms with van der Waals surface area (Å²) < 4.78 is 18.8. The molecule has 1 N–H and O–H groups in total. The normalized spacial score (nSPS) is 23.0. The molecule has 3 heterocycles. The van der Waals surface area contributed by atoms with Gasteiger partial charge in [0.25, 0.3) is 0 Å². The zero-order chi connectivity index (χ0) is 14.4. The van der Waals surface area contributed by atoms with Gasteiger partial charge in [0.15, 0.2) is 11.5 Å². The third-order valence-corrected chi connectivity index (χ3v) is 4.27. The fourth-order valence-electron chi connectivity index (χ4n) is 3.29. The van der Waals surface area contributed by atoms with Crippen LogP contribution >= 0.6 is 0 Å². The molecule has 6 heteroatoms. The van der Waals surface area contributed by atoms with Crippen LogP contribution in [-0.2, 0) is 6.42 Å². The maximum atomic E-state index is 5.67. The molecule has 21 heavy (non-hydrogen) atoms. The summed E-state index contributed by atoms with van der Waals surface area (Å²) in [6.45, 7) is 1.30. The fraction of sp³-hybridized carbons (Fsp3) is 0.400. The van der Waals surface area contributed by atoms with Crippen molar-refractivity contribution in [1.82, 2.24) is 9.78 Å². The number of fused-ring (bicyclic) bond motifs is 2. The Hall–Kier alpha value is -2.21. The minimum atomic E-state index is 0.0909. The van der Waals surface area contributed by atoms with Crippen LogP contribution in [0.5, 0.6) is 17.2 Å². The van der Waals surface area contributed by atoms with E-state index in [0.29, 0.717) is 5.75 Å². The lowest BCUT2D eigenvalue weighted by atomic mass is 9.95. The summed E-state index contributed by atoms with van der Waals surface area (Å²) in [6.07, 6.45) is 4.88. The Kier molecular flexibility index (Phi) is 2.78. The Morgan fingerprint density at radius 3 is 3.10 bits per heavy atom. The molecule has 1 aromatic heterocycles. The van der Waals surface area contributed by atoms with E-state index < -0.39 is 0 Å². The zero-order valence-electron chi connectivity index (χ0n) is 12.1. The van der Waals surface area contributed by atoms with Crippen LogP contribution in [0.2, 0.25) is 0 Å². The predicted molar refractivity (Wildman–Crippen MR) is 74.9 cm³/mol. The van der Waals surface area contributed by atoms with Gasteiger partial charge in [-0.2, -0.15) is 5.10 Å². The molecule has 1 unspecified atom stereocenters. The Balaban J connectivity index is 1.95. The summed E-state index contributed by atoms with van der Waals surface area (Å²) in [5, 5.41) is 4.43. The van der Waals surface area contributed by atoms with Gasteiger partial charge in [-0.05, 0) is 17.7 Å². The van der Waals surface area contributed by atoms with E-state index in [4.69, 9.17) is 14.2 Å². The number of rotatable bonds is 2. The zero-order valence-corrected chi connectivity index (χ0v) is 12.1. The number of quaternary nitrogens is 1. The first-order valence-electron chi connectivity index (χ1n) is 7.10. The molecule has 0 spiro atoms. The van der Waals surface area contributed by atoms with Crippen molar-refractivity contribution in [3.8, 4) is 17.2 Å². The number of likely N-dealkylation sites (N-methyl/N-ethyl adjacent to an activating group) is 1. The highest BCUT2D eigenvalue weighted by Gasteiger charge is 2.37. The van der Waals surface area contributed by atoms with Gasteiger partial charge in [0.05, 0.1) is 26.3 Å². The second-order valence-electron chi connectivity index (χ2n) is 5.45. The van der Waals surface area contributed by atoms with Crippen molar-refractivity contribution in [3.05, 3.63) is 35.7 Å². The highest BCUT2D eigenvalue weighted by atomic mass is 16.7. The lowest BCUT2D eigenvalue weighted by Gasteiger charge is -2.32. The number of benzene rings is 1. The van der Waals surface area contributed by atoms with Gasteiger partial charge < -0.3 is 19.1 Å². The van der Waals surface area contributed by atoms with Crippen LogP contribution in [0.1, 0.15) is 17.3 Å². The molecule has 1 aromatic carbocycles. The molecule has 0 aliphatic carbocycles. The van der Waals surface area contributed by atoms with Crippen molar-refractivity contribution in [2.75, 3.05) is 27.5 Å². The first-order chi connectivity index (χ1) is 10.3. The molecule has 0 saturated carbocycles. The van der Waals surface area contributed by atoms with E-state index in [1.807, 2.05) is 16.9 Å². The van der Waals surface area contributed by atoms with E-state index in [9.17, 15) is 0 Å². The van der Waals surface area contributed by atoms with Crippen LogP contribution in [0.15, 0.2) is 24.5 Å². The van der Waals surface area contributed by atoms with Crippen molar-refractivity contribution in [2.24, 2.45) is 0 Å². The molecule has 0 radical (unpaired) electrons. The predicted octanol–water partition coefficient (Wildman–Crippen LogP) is 0.238. The number of hydrogen-bond donors (Lipinski definition) is 1. The number of nitrogens with zero attached hydrogens (tertiary/aromatic N) is 2. The summed E-state index contributed by atoms with van der Waals surface area (Å²) >= 11 is 0. The molecule has 0 saturated heterocycles. The van der Waals surface area contributed by atoms with Crippen molar-refractivity contribution in [3.63, 3.8) is 0 Å². The number of ether oxygens (including phenoxy) is 3. The van der Waals surface area contributed by atoms with E-state index in [1.54, 1.807) is 13.3 Å². The maximum Gasteiger partial charge on any atom is 0.231 e. The van der Waals surface area contributed by atoms with Crippen LogP contribution in [-0.4, -0.2) is 37.3 Å². The van der Waals surface area contributed by atoms with E-state index >= 15 is 0 Å². The van der Waals surface area contributed by atoms with Gasteiger partial charge in [-0.3, -0.25) is 0 Å². The Morgan fingerprint density at radius 2 is 2.33 bits per heavy atom. The van der Waals surface area contributed by atoms with Gasteiger partial charge in [-0.25, -0.2) is 4.68 Å². The molecule has 2 aliphatic heterocycles. The van der Waals surface area contributed by atoms with E-state index in [1.165, 1.54) is 10.5 Å². The molecule has 2 aliphatic rings. The topological polar surface area (TPSA) is 50.0 Å². The number of aromatic nitrogens is 2. The standard InChI is InChI=1S/C15H17N3O3/c1-17-7-4-10-8-11-13(21-9-20-11)14(19-2)12(10)15(17)18-6-3-5-16-18/h3,5-6,8,15H,4,7,9H2,1-2H3/p+1/t15-/m0/s1. The minimum absolute atomic E-state index is 0.0909. The third kappa shape index (κ3) is 1.79. The summed E-state index contributed by atoms with van der Waals surface area (Å²) in [5.41, 5.74) is 2.40. The SMILES string of the molecule is COc1c2c(cc3c1[C@H](n1cccn1)[NH+](C)CC3)OCO2. The average Bonchev–Trinajstić information content (AvgIpc) is 3.15. The van der Waals surface area contributed by atoms with Gasteiger partial charge in [-0.15, -0.1) is 0 Å². The monoisotopic (exact) mass is 288 g/mol. The largest absolute Gasteiger partial charge is 0.492 e. The molecule has 0 amide bonds.